The van der Waals surface area contributed by atoms with Gasteiger partial charge in [-0.2, -0.15) is 0 Å². The molecule has 0 fully saturated rings. The second-order valence-corrected chi connectivity index (χ2v) is 11.6. The van der Waals surface area contributed by atoms with Crippen molar-refractivity contribution in [3.63, 3.8) is 0 Å². The molecule has 0 amide bonds. The first-order chi connectivity index (χ1) is 10.9. The zero-order chi connectivity index (χ0) is 16.9. The number of rotatable bonds is 6. The third-order valence-corrected chi connectivity index (χ3v) is 9.35. The zero-order valence-electron chi connectivity index (χ0n) is 14.8. The molecule has 2 aromatic carbocycles. The summed E-state index contributed by atoms with van der Waals surface area (Å²) in [6, 6.07) is 21.6. The lowest BCUT2D eigenvalue weighted by atomic mass is 10.2. The van der Waals surface area contributed by atoms with Crippen LogP contribution in [0.15, 0.2) is 60.7 Å². The van der Waals surface area contributed by atoms with Crippen LogP contribution in [0.1, 0.15) is 34.1 Å². The number of nitrogens with two attached hydrogens (primary N) is 1. The Balaban J connectivity index is 2.55. The molecule has 2 rings (SSSR count). The first-order valence-electron chi connectivity index (χ1n) is 8.38. The van der Waals surface area contributed by atoms with Crippen molar-refractivity contribution in [1.29, 1.82) is 0 Å². The van der Waals surface area contributed by atoms with E-state index in [0.717, 1.165) is 6.42 Å². The highest BCUT2D eigenvalue weighted by Crippen LogP contribution is 2.36. The van der Waals surface area contributed by atoms with Crippen molar-refractivity contribution in [2.75, 3.05) is 6.61 Å². The molecule has 23 heavy (non-hydrogen) atoms. The standard InChI is InChI=1S/C20H29NOSi/c1-17(21)15-16-22-23(20(2,3)4,18-11-7-5-8-12-18)19-13-9-6-10-14-19/h5-14,17H,15-16,21H2,1-4H3. The maximum atomic E-state index is 6.74. The fourth-order valence-corrected chi connectivity index (χ4v) is 7.74. The summed E-state index contributed by atoms with van der Waals surface area (Å²) in [6.07, 6.45) is 0.879. The van der Waals surface area contributed by atoms with E-state index in [4.69, 9.17) is 10.2 Å². The largest absolute Gasteiger partial charge is 0.407 e. The summed E-state index contributed by atoms with van der Waals surface area (Å²) in [5.41, 5.74) is 5.94. The summed E-state index contributed by atoms with van der Waals surface area (Å²) in [6.45, 7) is 9.63. The highest BCUT2D eigenvalue weighted by atomic mass is 28.4. The van der Waals surface area contributed by atoms with Crippen molar-refractivity contribution in [3.8, 4) is 0 Å². The van der Waals surface area contributed by atoms with Crippen LogP contribution in [-0.2, 0) is 4.43 Å². The van der Waals surface area contributed by atoms with E-state index in [2.05, 4.69) is 81.4 Å². The van der Waals surface area contributed by atoms with Gasteiger partial charge < -0.3 is 10.2 Å². The van der Waals surface area contributed by atoms with Crippen molar-refractivity contribution in [3.05, 3.63) is 60.7 Å². The third-order valence-electron chi connectivity index (χ3n) is 4.31. The predicted octanol–water partition coefficient (Wildman–Crippen LogP) is 3.30. The second-order valence-electron chi connectivity index (χ2n) is 7.28. The molecule has 0 aliphatic heterocycles. The van der Waals surface area contributed by atoms with Gasteiger partial charge in [0, 0.05) is 12.6 Å². The highest BCUT2D eigenvalue weighted by molar-refractivity contribution is 6.99. The van der Waals surface area contributed by atoms with Crippen LogP contribution in [-0.4, -0.2) is 21.0 Å². The van der Waals surface area contributed by atoms with Crippen LogP contribution in [0.25, 0.3) is 0 Å². The van der Waals surface area contributed by atoms with Gasteiger partial charge in [0.25, 0.3) is 8.32 Å². The van der Waals surface area contributed by atoms with Gasteiger partial charge in [-0.1, -0.05) is 81.4 Å². The second kappa shape index (κ2) is 7.43. The molecule has 124 valence electrons. The number of benzene rings is 2. The molecular formula is C20H29NOSi. The quantitative estimate of drug-likeness (QED) is 0.826. The zero-order valence-corrected chi connectivity index (χ0v) is 15.8. The molecule has 0 bridgehead atoms. The molecule has 2 nitrogen and oxygen atoms in total. The van der Waals surface area contributed by atoms with Crippen molar-refractivity contribution in [1.82, 2.24) is 0 Å². The van der Waals surface area contributed by atoms with Gasteiger partial charge in [-0.3, -0.25) is 0 Å². The topological polar surface area (TPSA) is 35.2 Å². The van der Waals surface area contributed by atoms with Crippen LogP contribution < -0.4 is 16.1 Å². The molecular weight excluding hydrogens is 298 g/mol. The Kier molecular flexibility index (Phi) is 5.79. The summed E-state index contributed by atoms with van der Waals surface area (Å²) < 4.78 is 6.74. The van der Waals surface area contributed by atoms with Crippen molar-refractivity contribution < 1.29 is 4.43 Å². The minimum atomic E-state index is -2.37. The maximum absolute atomic E-state index is 6.74. The number of hydrogen-bond acceptors (Lipinski definition) is 2. The fraction of sp³-hybridized carbons (Fsp3) is 0.400. The molecule has 0 saturated carbocycles. The Morgan fingerprint density at radius 2 is 1.35 bits per heavy atom. The van der Waals surface area contributed by atoms with Gasteiger partial charge in [0.05, 0.1) is 0 Å². The Bertz CT molecular complexity index is 551. The summed E-state index contributed by atoms with van der Waals surface area (Å²) in [4.78, 5) is 0. The molecule has 2 N–H and O–H groups in total. The van der Waals surface area contributed by atoms with Gasteiger partial charge in [-0.25, -0.2) is 0 Å². The Labute approximate surface area is 141 Å². The van der Waals surface area contributed by atoms with E-state index in [9.17, 15) is 0 Å². The fourth-order valence-electron chi connectivity index (χ4n) is 3.16. The predicted molar refractivity (Wildman–Crippen MR) is 102 cm³/mol. The first kappa shape index (κ1) is 17.9. The van der Waals surface area contributed by atoms with E-state index >= 15 is 0 Å². The summed E-state index contributed by atoms with van der Waals surface area (Å²) in [5, 5.41) is 2.68. The van der Waals surface area contributed by atoms with Crippen LogP contribution in [0.3, 0.4) is 0 Å². The Morgan fingerprint density at radius 1 is 0.913 bits per heavy atom. The van der Waals surface area contributed by atoms with Gasteiger partial charge in [-0.05, 0) is 28.8 Å². The normalized spacial score (nSPS) is 13.8. The molecule has 0 aromatic heterocycles. The van der Waals surface area contributed by atoms with E-state index in [1.165, 1.54) is 10.4 Å². The van der Waals surface area contributed by atoms with Gasteiger partial charge in [0.15, 0.2) is 0 Å². The lowest BCUT2D eigenvalue weighted by Crippen LogP contribution is -2.66. The van der Waals surface area contributed by atoms with E-state index in [0.29, 0.717) is 6.61 Å². The van der Waals surface area contributed by atoms with Crippen LogP contribution in [0, 0.1) is 0 Å². The van der Waals surface area contributed by atoms with Crippen LogP contribution >= 0.6 is 0 Å². The summed E-state index contributed by atoms with van der Waals surface area (Å²) >= 11 is 0. The number of hydrogen-bond donors (Lipinski definition) is 1. The Morgan fingerprint density at radius 3 is 1.70 bits per heavy atom. The smallest absolute Gasteiger partial charge is 0.261 e. The van der Waals surface area contributed by atoms with Crippen LogP contribution in [0.4, 0.5) is 0 Å². The molecule has 0 radical (unpaired) electrons. The first-order valence-corrected chi connectivity index (χ1v) is 10.3. The molecule has 1 unspecified atom stereocenters. The molecule has 0 spiro atoms. The summed E-state index contributed by atoms with van der Waals surface area (Å²) in [7, 11) is -2.37. The molecule has 0 aliphatic carbocycles. The summed E-state index contributed by atoms with van der Waals surface area (Å²) in [5.74, 6) is 0. The molecule has 1 atom stereocenters. The monoisotopic (exact) mass is 327 g/mol. The van der Waals surface area contributed by atoms with Gasteiger partial charge in [0.1, 0.15) is 0 Å². The van der Waals surface area contributed by atoms with E-state index in [1.807, 2.05) is 6.92 Å². The average molecular weight is 328 g/mol. The minimum Gasteiger partial charge on any atom is -0.407 e. The minimum absolute atomic E-state index is 0.0353. The SMILES string of the molecule is CC(N)CCO[Si](c1ccccc1)(c1ccccc1)C(C)(C)C. The van der Waals surface area contributed by atoms with Crippen molar-refractivity contribution in [2.45, 2.75) is 45.2 Å². The van der Waals surface area contributed by atoms with E-state index in [-0.39, 0.29) is 11.1 Å². The average Bonchev–Trinajstić information content (AvgIpc) is 2.52. The molecule has 0 saturated heterocycles. The molecule has 3 heteroatoms. The maximum Gasteiger partial charge on any atom is 0.261 e. The lowest BCUT2D eigenvalue weighted by molar-refractivity contribution is 0.283. The van der Waals surface area contributed by atoms with E-state index < -0.39 is 8.32 Å². The third kappa shape index (κ3) is 3.92. The lowest BCUT2D eigenvalue weighted by Gasteiger charge is -2.43. The van der Waals surface area contributed by atoms with Crippen LogP contribution in [0.5, 0.6) is 0 Å². The van der Waals surface area contributed by atoms with Crippen molar-refractivity contribution in [2.24, 2.45) is 5.73 Å². The molecule has 2 aromatic rings. The highest BCUT2D eigenvalue weighted by Gasteiger charge is 2.49. The van der Waals surface area contributed by atoms with Crippen LogP contribution in [0.2, 0.25) is 5.04 Å². The van der Waals surface area contributed by atoms with Gasteiger partial charge in [0.2, 0.25) is 0 Å². The Hall–Kier alpha value is -1.42. The van der Waals surface area contributed by atoms with Gasteiger partial charge in [-0.15, -0.1) is 0 Å². The molecule has 0 aliphatic rings. The van der Waals surface area contributed by atoms with Gasteiger partial charge >= 0.3 is 0 Å². The molecule has 0 heterocycles. The van der Waals surface area contributed by atoms with Crippen molar-refractivity contribution >= 4 is 18.7 Å². The van der Waals surface area contributed by atoms with E-state index in [1.54, 1.807) is 0 Å².